The molecule has 4 nitrogen and oxygen atoms in total. The number of aryl methyl sites for hydroxylation is 1. The zero-order valence-corrected chi connectivity index (χ0v) is 7.71. The monoisotopic (exact) mass is 187 g/mol. The van der Waals surface area contributed by atoms with Gasteiger partial charge in [0.05, 0.1) is 5.69 Å². The van der Waals surface area contributed by atoms with Crippen LogP contribution in [-0.2, 0) is 7.05 Å². The Morgan fingerprint density at radius 3 is 2.79 bits per heavy atom. The molecule has 2 aromatic rings. The second-order valence-corrected chi connectivity index (χ2v) is 2.92. The van der Waals surface area contributed by atoms with Gasteiger partial charge >= 0.3 is 0 Å². The third-order valence-corrected chi connectivity index (χ3v) is 1.92. The first-order valence-corrected chi connectivity index (χ1v) is 4.22. The van der Waals surface area contributed by atoms with Gasteiger partial charge in [-0.15, -0.1) is 0 Å². The van der Waals surface area contributed by atoms with E-state index in [2.05, 4.69) is 10.1 Å². The van der Waals surface area contributed by atoms with Gasteiger partial charge in [0.25, 0.3) is 5.56 Å². The first kappa shape index (κ1) is 8.62. The van der Waals surface area contributed by atoms with Crippen LogP contribution in [0.1, 0.15) is 0 Å². The first-order valence-electron chi connectivity index (χ1n) is 4.22. The maximum Gasteiger partial charge on any atom is 0.266 e. The Kier molecular flexibility index (Phi) is 2.10. The molecule has 14 heavy (non-hydrogen) atoms. The summed E-state index contributed by atoms with van der Waals surface area (Å²) >= 11 is 0. The molecule has 0 bridgehead atoms. The SMILES string of the molecule is Cn1nc(-c2cccnc2)ccc1=O. The van der Waals surface area contributed by atoms with E-state index in [9.17, 15) is 4.79 Å². The van der Waals surface area contributed by atoms with E-state index in [0.717, 1.165) is 11.3 Å². The predicted molar refractivity (Wildman–Crippen MR) is 52.7 cm³/mol. The number of nitrogens with zero attached hydrogens (tertiary/aromatic N) is 3. The van der Waals surface area contributed by atoms with Crippen LogP contribution in [0.25, 0.3) is 11.3 Å². The van der Waals surface area contributed by atoms with E-state index in [1.807, 2.05) is 12.1 Å². The summed E-state index contributed by atoms with van der Waals surface area (Å²) in [6, 6.07) is 6.93. The molecule has 2 aromatic heterocycles. The van der Waals surface area contributed by atoms with E-state index in [0.29, 0.717) is 0 Å². The van der Waals surface area contributed by atoms with Crippen molar-refractivity contribution in [3.63, 3.8) is 0 Å². The van der Waals surface area contributed by atoms with Gasteiger partial charge in [0.15, 0.2) is 0 Å². The van der Waals surface area contributed by atoms with Gasteiger partial charge in [0.2, 0.25) is 0 Å². The fraction of sp³-hybridized carbons (Fsp3) is 0.100. The van der Waals surface area contributed by atoms with Gasteiger partial charge < -0.3 is 0 Å². The Bertz CT molecular complexity index is 490. The highest BCUT2D eigenvalue weighted by Crippen LogP contribution is 2.11. The molecule has 2 heterocycles. The van der Waals surface area contributed by atoms with Gasteiger partial charge in [-0.3, -0.25) is 9.78 Å². The Labute approximate surface area is 80.9 Å². The second-order valence-electron chi connectivity index (χ2n) is 2.92. The molecule has 2 rings (SSSR count). The van der Waals surface area contributed by atoms with Crippen LogP contribution in [0.2, 0.25) is 0 Å². The van der Waals surface area contributed by atoms with Crippen LogP contribution in [0.5, 0.6) is 0 Å². The van der Waals surface area contributed by atoms with Crippen LogP contribution in [0.3, 0.4) is 0 Å². The smallest absolute Gasteiger partial charge is 0.266 e. The Balaban J connectivity index is 2.54. The fourth-order valence-electron chi connectivity index (χ4n) is 1.17. The molecule has 0 amide bonds. The largest absolute Gasteiger partial charge is 0.268 e. The summed E-state index contributed by atoms with van der Waals surface area (Å²) in [5, 5.41) is 4.11. The molecule has 0 saturated carbocycles. The van der Waals surface area contributed by atoms with Gasteiger partial charge in [-0.25, -0.2) is 4.68 Å². The van der Waals surface area contributed by atoms with Crippen LogP contribution >= 0.6 is 0 Å². The lowest BCUT2D eigenvalue weighted by molar-refractivity contribution is 0.712. The average Bonchev–Trinajstić information content (AvgIpc) is 2.23. The van der Waals surface area contributed by atoms with E-state index < -0.39 is 0 Å². The Hall–Kier alpha value is -1.97. The number of aromatic nitrogens is 3. The lowest BCUT2D eigenvalue weighted by Gasteiger charge is -2.00. The Morgan fingerprint density at radius 2 is 2.14 bits per heavy atom. The number of hydrogen-bond acceptors (Lipinski definition) is 3. The molecule has 0 aliphatic carbocycles. The molecular formula is C10H9N3O. The molecule has 0 aromatic carbocycles. The first-order chi connectivity index (χ1) is 6.77. The van der Waals surface area contributed by atoms with Crippen LogP contribution in [0, 0.1) is 0 Å². The zero-order valence-electron chi connectivity index (χ0n) is 7.71. The number of hydrogen-bond donors (Lipinski definition) is 0. The maximum atomic E-state index is 11.1. The van der Waals surface area contributed by atoms with Crippen molar-refractivity contribution in [2.45, 2.75) is 0 Å². The van der Waals surface area contributed by atoms with Gasteiger partial charge in [0.1, 0.15) is 0 Å². The van der Waals surface area contributed by atoms with Gasteiger partial charge in [0, 0.05) is 31.1 Å². The Morgan fingerprint density at radius 1 is 1.29 bits per heavy atom. The van der Waals surface area contributed by atoms with Gasteiger partial charge in [-0.2, -0.15) is 5.10 Å². The predicted octanol–water partition coefficient (Wildman–Crippen LogP) is 0.842. The quantitative estimate of drug-likeness (QED) is 0.664. The zero-order chi connectivity index (χ0) is 9.97. The topological polar surface area (TPSA) is 47.8 Å². The van der Waals surface area contributed by atoms with Crippen molar-refractivity contribution in [3.05, 3.63) is 47.0 Å². The summed E-state index contributed by atoms with van der Waals surface area (Å²) in [5.41, 5.74) is 1.54. The molecule has 0 radical (unpaired) electrons. The lowest BCUT2D eigenvalue weighted by atomic mass is 10.2. The molecule has 0 aliphatic rings. The summed E-state index contributed by atoms with van der Waals surface area (Å²) in [4.78, 5) is 15.1. The van der Waals surface area contributed by atoms with Crippen molar-refractivity contribution in [2.24, 2.45) is 7.05 Å². The number of pyridine rings is 1. The van der Waals surface area contributed by atoms with Crippen molar-refractivity contribution in [1.29, 1.82) is 0 Å². The standard InChI is InChI=1S/C10H9N3O/c1-13-10(14)5-4-9(12-13)8-3-2-6-11-7-8/h2-7H,1H3. The molecule has 70 valence electrons. The molecule has 0 saturated heterocycles. The van der Waals surface area contributed by atoms with Crippen LogP contribution in [-0.4, -0.2) is 14.8 Å². The average molecular weight is 187 g/mol. The molecule has 0 fully saturated rings. The molecule has 0 N–H and O–H groups in total. The highest BCUT2D eigenvalue weighted by atomic mass is 16.1. The van der Waals surface area contributed by atoms with Crippen LogP contribution < -0.4 is 5.56 Å². The van der Waals surface area contributed by atoms with Crippen molar-refractivity contribution < 1.29 is 0 Å². The molecular weight excluding hydrogens is 178 g/mol. The minimum atomic E-state index is -0.113. The van der Waals surface area contributed by atoms with Crippen LogP contribution in [0.15, 0.2) is 41.5 Å². The summed E-state index contributed by atoms with van der Waals surface area (Å²) in [7, 11) is 1.63. The van der Waals surface area contributed by atoms with Crippen molar-refractivity contribution in [1.82, 2.24) is 14.8 Å². The third kappa shape index (κ3) is 1.54. The third-order valence-electron chi connectivity index (χ3n) is 1.92. The van der Waals surface area contributed by atoms with Crippen LogP contribution in [0.4, 0.5) is 0 Å². The van der Waals surface area contributed by atoms with E-state index in [4.69, 9.17) is 0 Å². The fourth-order valence-corrected chi connectivity index (χ4v) is 1.17. The van der Waals surface area contributed by atoms with E-state index in [1.165, 1.54) is 10.7 Å². The summed E-state index contributed by atoms with van der Waals surface area (Å²) in [5.74, 6) is 0. The van der Waals surface area contributed by atoms with Gasteiger partial charge in [-0.1, -0.05) is 0 Å². The summed E-state index contributed by atoms with van der Waals surface area (Å²) in [6.45, 7) is 0. The second kappa shape index (κ2) is 3.41. The number of rotatable bonds is 1. The minimum absolute atomic E-state index is 0.113. The van der Waals surface area contributed by atoms with Crippen molar-refractivity contribution in [2.75, 3.05) is 0 Å². The summed E-state index contributed by atoms with van der Waals surface area (Å²) < 4.78 is 1.31. The molecule has 0 unspecified atom stereocenters. The summed E-state index contributed by atoms with van der Waals surface area (Å²) in [6.07, 6.45) is 3.41. The van der Waals surface area contributed by atoms with E-state index >= 15 is 0 Å². The minimum Gasteiger partial charge on any atom is -0.268 e. The highest BCUT2D eigenvalue weighted by molar-refractivity contribution is 5.56. The molecule has 4 heteroatoms. The molecule has 0 atom stereocenters. The van der Waals surface area contributed by atoms with Crippen molar-refractivity contribution >= 4 is 0 Å². The normalized spacial score (nSPS) is 10.1. The maximum absolute atomic E-state index is 11.1. The van der Waals surface area contributed by atoms with Gasteiger partial charge in [-0.05, 0) is 18.2 Å². The molecule has 0 aliphatic heterocycles. The highest BCUT2D eigenvalue weighted by Gasteiger charge is 1.99. The lowest BCUT2D eigenvalue weighted by Crippen LogP contribution is -2.18. The van der Waals surface area contributed by atoms with E-state index in [1.54, 1.807) is 25.5 Å². The van der Waals surface area contributed by atoms with E-state index in [-0.39, 0.29) is 5.56 Å². The van der Waals surface area contributed by atoms with Crippen molar-refractivity contribution in [3.8, 4) is 11.3 Å². The molecule has 0 spiro atoms.